The Hall–Kier alpha value is -2.02. The highest BCUT2D eigenvalue weighted by Crippen LogP contribution is 2.29. The predicted molar refractivity (Wildman–Crippen MR) is 80.1 cm³/mol. The zero-order valence-corrected chi connectivity index (χ0v) is 11.7. The van der Waals surface area contributed by atoms with E-state index in [0.717, 1.165) is 29.9 Å². The lowest BCUT2D eigenvalue weighted by Gasteiger charge is -2.10. The summed E-state index contributed by atoms with van der Waals surface area (Å²) in [6, 6.07) is 7.72. The van der Waals surface area contributed by atoms with Crippen LogP contribution in [0.2, 0.25) is 0 Å². The first-order valence-electron chi connectivity index (χ1n) is 7.44. The lowest BCUT2D eigenvalue weighted by atomic mass is 10.0. The quantitative estimate of drug-likeness (QED) is 0.923. The van der Waals surface area contributed by atoms with Crippen LogP contribution in [0.4, 0.5) is 5.95 Å². The minimum Gasteiger partial charge on any atom is -0.369 e. The van der Waals surface area contributed by atoms with Crippen LogP contribution < -0.4 is 5.73 Å². The summed E-state index contributed by atoms with van der Waals surface area (Å²) in [5.74, 6) is 1.46. The van der Waals surface area contributed by atoms with Crippen LogP contribution in [0, 0.1) is 17.2 Å². The summed E-state index contributed by atoms with van der Waals surface area (Å²) in [5.41, 5.74) is 8.53. The second-order valence-corrected chi connectivity index (χ2v) is 5.73. The van der Waals surface area contributed by atoms with Crippen molar-refractivity contribution in [2.45, 2.75) is 45.1 Å². The molecule has 20 heavy (non-hydrogen) atoms. The van der Waals surface area contributed by atoms with Crippen LogP contribution in [0.25, 0.3) is 11.0 Å². The first-order valence-corrected chi connectivity index (χ1v) is 7.44. The predicted octanol–water partition coefficient (Wildman–Crippen LogP) is 3.46. The molecule has 1 aromatic heterocycles. The van der Waals surface area contributed by atoms with Gasteiger partial charge < -0.3 is 10.3 Å². The molecule has 1 aliphatic rings. The van der Waals surface area contributed by atoms with Gasteiger partial charge in [0.1, 0.15) is 0 Å². The highest BCUT2D eigenvalue weighted by Gasteiger charge is 2.15. The van der Waals surface area contributed by atoms with Gasteiger partial charge in [-0.2, -0.15) is 5.26 Å². The number of nitrogen functional groups attached to an aromatic ring is 1. The number of nitrogens with zero attached hydrogens (tertiary/aromatic N) is 3. The molecule has 4 heteroatoms. The van der Waals surface area contributed by atoms with Gasteiger partial charge in [-0.1, -0.05) is 25.7 Å². The van der Waals surface area contributed by atoms with E-state index in [9.17, 15) is 0 Å². The fourth-order valence-corrected chi connectivity index (χ4v) is 3.28. The van der Waals surface area contributed by atoms with Gasteiger partial charge in [0, 0.05) is 6.54 Å². The second kappa shape index (κ2) is 5.54. The Morgan fingerprint density at radius 2 is 2.15 bits per heavy atom. The number of imidazole rings is 1. The van der Waals surface area contributed by atoms with Crippen molar-refractivity contribution in [2.75, 3.05) is 5.73 Å². The number of nitrogens with two attached hydrogens (primary N) is 1. The molecule has 0 aliphatic heterocycles. The first-order chi connectivity index (χ1) is 9.78. The highest BCUT2D eigenvalue weighted by atomic mass is 15.1. The maximum atomic E-state index is 9.00. The largest absolute Gasteiger partial charge is 0.369 e. The molecule has 0 unspecified atom stereocenters. The Morgan fingerprint density at radius 1 is 1.35 bits per heavy atom. The summed E-state index contributed by atoms with van der Waals surface area (Å²) in [6.45, 7) is 0.897. The fourth-order valence-electron chi connectivity index (χ4n) is 3.28. The van der Waals surface area contributed by atoms with E-state index < -0.39 is 0 Å². The van der Waals surface area contributed by atoms with Crippen molar-refractivity contribution in [3.63, 3.8) is 0 Å². The van der Waals surface area contributed by atoms with Crippen LogP contribution in [0.3, 0.4) is 0 Å². The van der Waals surface area contributed by atoms with E-state index in [1.54, 1.807) is 6.07 Å². The molecule has 0 spiro atoms. The zero-order valence-electron chi connectivity index (χ0n) is 11.7. The van der Waals surface area contributed by atoms with Gasteiger partial charge in [0.05, 0.1) is 22.7 Å². The number of anilines is 1. The lowest BCUT2D eigenvalue weighted by Crippen LogP contribution is -2.05. The third-order valence-electron chi connectivity index (χ3n) is 4.38. The van der Waals surface area contributed by atoms with Crippen LogP contribution >= 0.6 is 0 Å². The maximum absolute atomic E-state index is 9.00. The van der Waals surface area contributed by atoms with E-state index in [0.29, 0.717) is 11.5 Å². The molecule has 1 aliphatic carbocycles. The topological polar surface area (TPSA) is 67.6 Å². The average Bonchev–Trinajstić information content (AvgIpc) is 3.07. The molecule has 4 nitrogen and oxygen atoms in total. The van der Waals surface area contributed by atoms with Crippen molar-refractivity contribution in [3.8, 4) is 6.07 Å². The second-order valence-electron chi connectivity index (χ2n) is 5.73. The normalized spacial score (nSPS) is 15.8. The molecular weight excluding hydrogens is 248 g/mol. The monoisotopic (exact) mass is 268 g/mol. The molecule has 0 amide bonds. The number of aromatic nitrogens is 2. The molecule has 0 saturated heterocycles. The highest BCUT2D eigenvalue weighted by molar-refractivity contribution is 5.79. The molecule has 0 bridgehead atoms. The van der Waals surface area contributed by atoms with Crippen molar-refractivity contribution in [2.24, 2.45) is 5.92 Å². The van der Waals surface area contributed by atoms with Gasteiger partial charge in [-0.05, 0) is 37.0 Å². The van der Waals surface area contributed by atoms with Gasteiger partial charge in [0.2, 0.25) is 5.95 Å². The van der Waals surface area contributed by atoms with Crippen LogP contribution in [0.1, 0.15) is 44.1 Å². The van der Waals surface area contributed by atoms with E-state index in [1.807, 2.05) is 16.7 Å². The number of rotatable bonds is 4. The lowest BCUT2D eigenvalue weighted by molar-refractivity contribution is 0.462. The molecule has 3 rings (SSSR count). The molecule has 1 fully saturated rings. The van der Waals surface area contributed by atoms with Crippen LogP contribution in [-0.4, -0.2) is 9.55 Å². The summed E-state index contributed by atoms with van der Waals surface area (Å²) >= 11 is 0. The van der Waals surface area contributed by atoms with Crippen molar-refractivity contribution >= 4 is 17.0 Å². The summed E-state index contributed by atoms with van der Waals surface area (Å²) in [7, 11) is 0. The van der Waals surface area contributed by atoms with Crippen molar-refractivity contribution in [1.82, 2.24) is 9.55 Å². The number of hydrogen-bond acceptors (Lipinski definition) is 3. The summed E-state index contributed by atoms with van der Waals surface area (Å²) in [6.07, 6.45) is 7.98. The third-order valence-corrected chi connectivity index (χ3v) is 4.38. The SMILES string of the molecule is N#Cc1ccc2nc(N)n(CCCC3CCCC3)c2c1. The van der Waals surface area contributed by atoms with Gasteiger partial charge in [-0.25, -0.2) is 4.98 Å². The van der Waals surface area contributed by atoms with Crippen molar-refractivity contribution in [1.29, 1.82) is 5.26 Å². The minimum atomic E-state index is 0.557. The van der Waals surface area contributed by atoms with Crippen LogP contribution in [-0.2, 0) is 6.54 Å². The van der Waals surface area contributed by atoms with Gasteiger partial charge >= 0.3 is 0 Å². The molecule has 0 atom stereocenters. The van der Waals surface area contributed by atoms with Gasteiger partial charge in [0.25, 0.3) is 0 Å². The molecule has 104 valence electrons. The number of nitriles is 1. The number of benzene rings is 1. The molecule has 2 aromatic rings. The summed E-state index contributed by atoms with van der Waals surface area (Å²) in [5, 5.41) is 9.00. The smallest absolute Gasteiger partial charge is 0.201 e. The Kier molecular flexibility index (Phi) is 3.60. The molecular formula is C16H20N4. The third kappa shape index (κ3) is 2.49. The average molecular weight is 268 g/mol. The van der Waals surface area contributed by atoms with Crippen LogP contribution in [0.15, 0.2) is 18.2 Å². The fraction of sp³-hybridized carbons (Fsp3) is 0.500. The molecule has 0 radical (unpaired) electrons. The van der Waals surface area contributed by atoms with Crippen LogP contribution in [0.5, 0.6) is 0 Å². The standard InChI is InChI=1S/C16H20N4/c17-11-13-7-8-14-15(10-13)20(16(18)19-14)9-3-6-12-4-1-2-5-12/h7-8,10,12H,1-6,9H2,(H2,18,19). The van der Waals surface area contributed by atoms with E-state index in [2.05, 4.69) is 11.1 Å². The van der Waals surface area contributed by atoms with Gasteiger partial charge in [-0.15, -0.1) is 0 Å². The molecule has 2 N–H and O–H groups in total. The molecule has 1 heterocycles. The summed E-state index contributed by atoms with van der Waals surface area (Å²) < 4.78 is 2.05. The van der Waals surface area contributed by atoms with Crippen molar-refractivity contribution in [3.05, 3.63) is 23.8 Å². The minimum absolute atomic E-state index is 0.557. The number of hydrogen-bond donors (Lipinski definition) is 1. The Morgan fingerprint density at radius 3 is 2.90 bits per heavy atom. The van der Waals surface area contributed by atoms with E-state index in [4.69, 9.17) is 11.0 Å². The molecule has 1 saturated carbocycles. The first kappa shape index (κ1) is 13.0. The van der Waals surface area contributed by atoms with E-state index in [-0.39, 0.29) is 0 Å². The van der Waals surface area contributed by atoms with Gasteiger partial charge in [-0.3, -0.25) is 0 Å². The van der Waals surface area contributed by atoms with E-state index in [1.165, 1.54) is 32.1 Å². The Labute approximate surface area is 119 Å². The maximum Gasteiger partial charge on any atom is 0.201 e. The Bertz CT molecular complexity index is 644. The van der Waals surface area contributed by atoms with Crippen molar-refractivity contribution < 1.29 is 0 Å². The summed E-state index contributed by atoms with van der Waals surface area (Å²) in [4.78, 5) is 4.37. The molecule has 1 aromatic carbocycles. The van der Waals surface area contributed by atoms with E-state index >= 15 is 0 Å². The van der Waals surface area contributed by atoms with Gasteiger partial charge in [0.15, 0.2) is 0 Å². The number of aryl methyl sites for hydroxylation is 1. The number of fused-ring (bicyclic) bond motifs is 1. The Balaban J connectivity index is 1.75. The zero-order chi connectivity index (χ0) is 13.9.